The fraction of sp³-hybridized carbons (Fsp3) is 0. The van der Waals surface area contributed by atoms with Crippen LogP contribution in [0.3, 0.4) is 0 Å². The molecule has 6 aromatic rings. The molecule has 0 bridgehead atoms. The first-order chi connectivity index (χ1) is 18.9. The molecule has 0 radical (unpaired) electrons. The van der Waals surface area contributed by atoms with Gasteiger partial charge in [-0.05, 0) is 72.8 Å². The fourth-order valence-electron chi connectivity index (χ4n) is 4.63. The van der Waals surface area contributed by atoms with E-state index < -0.39 is 15.8 Å². The Kier molecular flexibility index (Phi) is 15.0. The minimum atomic E-state index is -0.877. The molecular weight excluding hydrogens is 577 g/mol. The molecule has 6 aromatic carbocycles. The molecule has 0 amide bonds. The zero-order valence-electron chi connectivity index (χ0n) is 23.6. The van der Waals surface area contributed by atoms with E-state index in [9.17, 15) is 0 Å². The monoisotopic (exact) mass is 614 g/mol. The van der Waals surface area contributed by atoms with Crippen molar-refractivity contribution in [1.82, 2.24) is 0 Å². The molecule has 0 saturated carbocycles. The Bertz CT molecular complexity index is 1170. The van der Waals surface area contributed by atoms with Crippen LogP contribution in [0.2, 0.25) is 0 Å². The summed E-state index contributed by atoms with van der Waals surface area (Å²) in [5, 5.41) is 8.61. The normalized spacial score (nSPS) is 9.80. The summed E-state index contributed by atoms with van der Waals surface area (Å²) in [5.41, 5.74) is 0. The van der Waals surface area contributed by atoms with Gasteiger partial charge >= 0.3 is 16.5 Å². The number of hydrogen-bond donors (Lipinski definition) is 0. The van der Waals surface area contributed by atoms with Crippen LogP contribution >= 0.6 is 15.8 Å². The minimum absolute atomic E-state index is 0. The second-order valence-electron chi connectivity index (χ2n) is 8.95. The SMILES string of the molecule is [CH3-].[CH3-].[Ni+2].c1ccc([PH+](c2ccccc2)c2ccccc2)cc1.c1ccc([PH+](c2ccccc2)c2ccccc2)cc1. The Morgan fingerprint density at radius 1 is 0.220 bits per heavy atom. The van der Waals surface area contributed by atoms with Crippen molar-refractivity contribution in [3.63, 3.8) is 0 Å². The Labute approximate surface area is 260 Å². The topological polar surface area (TPSA) is 0 Å². The Balaban J connectivity index is 0.000000267. The van der Waals surface area contributed by atoms with Crippen molar-refractivity contribution in [2.75, 3.05) is 0 Å². The van der Waals surface area contributed by atoms with E-state index >= 15 is 0 Å². The van der Waals surface area contributed by atoms with Gasteiger partial charge in [-0.25, -0.2) is 0 Å². The Morgan fingerprint density at radius 3 is 0.463 bits per heavy atom. The second kappa shape index (κ2) is 18.2. The zero-order chi connectivity index (χ0) is 25.8. The number of hydrogen-bond acceptors (Lipinski definition) is 0. The molecule has 41 heavy (non-hydrogen) atoms. The van der Waals surface area contributed by atoms with E-state index in [1.807, 2.05) is 0 Å². The summed E-state index contributed by atoms with van der Waals surface area (Å²) >= 11 is 0. The molecule has 0 unspecified atom stereocenters. The maximum absolute atomic E-state index is 2.24. The van der Waals surface area contributed by atoms with E-state index in [0.717, 1.165) is 0 Å². The van der Waals surface area contributed by atoms with Crippen LogP contribution in [-0.2, 0) is 16.5 Å². The molecule has 0 aliphatic carbocycles. The first kappa shape index (κ1) is 33.9. The maximum Gasteiger partial charge on any atom is 2.00 e. The van der Waals surface area contributed by atoms with Crippen LogP contribution in [0.5, 0.6) is 0 Å². The minimum Gasteiger partial charge on any atom is -0.358 e. The molecule has 0 aliphatic heterocycles. The van der Waals surface area contributed by atoms with E-state index in [1.54, 1.807) is 0 Å². The average molecular weight is 615 g/mol. The zero-order valence-corrected chi connectivity index (χ0v) is 26.6. The van der Waals surface area contributed by atoms with Crippen molar-refractivity contribution in [2.45, 2.75) is 0 Å². The first-order valence-corrected chi connectivity index (χ1v) is 16.0. The van der Waals surface area contributed by atoms with E-state index in [-0.39, 0.29) is 31.3 Å². The van der Waals surface area contributed by atoms with Gasteiger partial charge in [-0.15, -0.1) is 0 Å². The molecule has 0 N–H and O–H groups in total. The van der Waals surface area contributed by atoms with Gasteiger partial charge in [0, 0.05) is 0 Å². The van der Waals surface area contributed by atoms with Crippen LogP contribution in [0.25, 0.3) is 0 Å². The van der Waals surface area contributed by atoms with Gasteiger partial charge in [-0.2, -0.15) is 0 Å². The third-order valence-corrected chi connectivity index (χ3v) is 11.8. The Hall–Kier alpha value is -3.33. The van der Waals surface area contributed by atoms with Gasteiger partial charge in [-0.3, -0.25) is 0 Å². The summed E-state index contributed by atoms with van der Waals surface area (Å²) in [6.07, 6.45) is 0. The summed E-state index contributed by atoms with van der Waals surface area (Å²) in [4.78, 5) is 0. The molecule has 0 spiro atoms. The van der Waals surface area contributed by atoms with Gasteiger partial charge in [0.2, 0.25) is 0 Å². The molecule has 0 aromatic heterocycles. The number of benzene rings is 6. The van der Waals surface area contributed by atoms with E-state index in [0.29, 0.717) is 0 Å². The van der Waals surface area contributed by atoms with E-state index in [4.69, 9.17) is 0 Å². The molecule has 0 atom stereocenters. The summed E-state index contributed by atoms with van der Waals surface area (Å²) in [6, 6.07) is 65.0. The molecule has 0 aliphatic rings. The van der Waals surface area contributed by atoms with Crippen molar-refractivity contribution in [1.29, 1.82) is 0 Å². The van der Waals surface area contributed by atoms with Crippen LogP contribution < -0.4 is 31.8 Å². The van der Waals surface area contributed by atoms with Crippen LogP contribution in [0.1, 0.15) is 0 Å². The van der Waals surface area contributed by atoms with Crippen LogP contribution in [0.4, 0.5) is 0 Å². The maximum atomic E-state index is 2.24. The standard InChI is InChI=1S/2C18H15P.2CH3.Ni/c2*1-4-10-16(11-5-1)19(17-12-6-2-7-13-17)18-14-8-3-9-15-18;;;/h2*1-15H;2*1H3;/q;;2*-1;+2/p+2. The van der Waals surface area contributed by atoms with Gasteiger partial charge in [0.25, 0.3) is 0 Å². The van der Waals surface area contributed by atoms with E-state index in [1.165, 1.54) is 31.8 Å². The van der Waals surface area contributed by atoms with Gasteiger partial charge < -0.3 is 14.9 Å². The molecule has 3 heteroatoms. The molecular formula is C38H38NiP2+2. The van der Waals surface area contributed by atoms with Crippen LogP contribution in [0.15, 0.2) is 182 Å². The quantitative estimate of drug-likeness (QED) is 0.105. The third-order valence-electron chi connectivity index (χ3n) is 6.37. The molecule has 0 saturated heterocycles. The van der Waals surface area contributed by atoms with Gasteiger partial charge in [0.15, 0.2) is 0 Å². The summed E-state index contributed by atoms with van der Waals surface area (Å²) in [5.74, 6) is 0. The smallest absolute Gasteiger partial charge is 0.358 e. The average Bonchev–Trinajstić information content (AvgIpc) is 3.01. The van der Waals surface area contributed by atoms with Gasteiger partial charge in [0.1, 0.15) is 31.8 Å². The van der Waals surface area contributed by atoms with Gasteiger partial charge in [-0.1, -0.05) is 109 Å². The summed E-state index contributed by atoms with van der Waals surface area (Å²) in [7, 11) is -1.75. The largest absolute Gasteiger partial charge is 2.00 e. The molecule has 0 heterocycles. The fourth-order valence-corrected chi connectivity index (χ4v) is 9.78. The van der Waals surface area contributed by atoms with E-state index in [2.05, 4.69) is 182 Å². The van der Waals surface area contributed by atoms with Gasteiger partial charge in [0.05, 0.1) is 15.8 Å². The molecule has 208 valence electrons. The van der Waals surface area contributed by atoms with Crippen LogP contribution in [0, 0.1) is 14.9 Å². The van der Waals surface area contributed by atoms with Crippen molar-refractivity contribution < 1.29 is 16.5 Å². The second-order valence-corrected chi connectivity index (χ2v) is 13.9. The Morgan fingerprint density at radius 2 is 0.341 bits per heavy atom. The predicted molar refractivity (Wildman–Crippen MR) is 186 cm³/mol. The van der Waals surface area contributed by atoms with Crippen molar-refractivity contribution in [3.05, 3.63) is 197 Å². The summed E-state index contributed by atoms with van der Waals surface area (Å²) < 4.78 is 0. The molecule has 6 rings (SSSR count). The molecule has 0 nitrogen and oxygen atoms in total. The van der Waals surface area contributed by atoms with Crippen molar-refractivity contribution in [2.24, 2.45) is 0 Å². The third kappa shape index (κ3) is 9.35. The predicted octanol–water partition coefficient (Wildman–Crippen LogP) is 7.25. The van der Waals surface area contributed by atoms with Crippen molar-refractivity contribution in [3.8, 4) is 0 Å². The van der Waals surface area contributed by atoms with Crippen LogP contribution in [-0.4, -0.2) is 0 Å². The first-order valence-electron chi connectivity index (χ1n) is 13.0. The molecule has 0 fully saturated rings. The summed E-state index contributed by atoms with van der Waals surface area (Å²) in [6.45, 7) is 0. The number of rotatable bonds is 6. The van der Waals surface area contributed by atoms with Crippen molar-refractivity contribution >= 4 is 47.7 Å².